The molecule has 0 aromatic heterocycles. The molecule has 1 aliphatic heterocycles. The highest BCUT2D eigenvalue weighted by molar-refractivity contribution is 7.91. The number of hydrogen-bond donors (Lipinski definition) is 0. The van der Waals surface area contributed by atoms with E-state index in [9.17, 15) is 13.7 Å². The zero-order valence-corrected chi connectivity index (χ0v) is 17.4. The molecule has 1 saturated heterocycles. The third-order valence-electron chi connectivity index (χ3n) is 5.45. The maximum Gasteiger partial charge on any atom is 0.206 e. The van der Waals surface area contributed by atoms with Crippen LogP contribution >= 0.6 is 0 Å². The van der Waals surface area contributed by atoms with E-state index in [1.807, 2.05) is 42.5 Å². The number of benzene rings is 3. The van der Waals surface area contributed by atoms with Crippen molar-refractivity contribution in [2.45, 2.75) is 16.3 Å². The molecule has 5 nitrogen and oxygen atoms in total. The lowest BCUT2D eigenvalue weighted by molar-refractivity contribution is 0.248. The van der Waals surface area contributed by atoms with Gasteiger partial charge in [0, 0.05) is 32.7 Å². The van der Waals surface area contributed by atoms with Crippen molar-refractivity contribution in [1.29, 1.82) is 5.26 Å². The number of nitriles is 1. The minimum atomic E-state index is -3.56. The largest absolute Gasteiger partial charge is 0.368 e. The summed E-state index contributed by atoms with van der Waals surface area (Å²) in [4.78, 5) is 5.18. The van der Waals surface area contributed by atoms with Crippen LogP contribution < -0.4 is 4.90 Å². The van der Waals surface area contributed by atoms with Crippen molar-refractivity contribution in [2.24, 2.45) is 0 Å². The van der Waals surface area contributed by atoms with Crippen LogP contribution in [-0.4, -0.2) is 39.5 Å². The van der Waals surface area contributed by atoms with Crippen molar-refractivity contribution >= 4 is 15.5 Å². The first-order valence-corrected chi connectivity index (χ1v) is 11.4. The Morgan fingerprint density at radius 2 is 1.43 bits per heavy atom. The van der Waals surface area contributed by atoms with Crippen LogP contribution in [0.4, 0.5) is 5.69 Å². The standard InChI is InChI=1S/C24H23N3O2S/c25-18-20-8-4-6-12-23(20)27-16-14-26(15-17-27)19-21-9-5-7-13-24(21)30(28,29)22-10-2-1-3-11-22/h1-13H,14-17,19H2. The van der Waals surface area contributed by atoms with Crippen LogP contribution in [0.1, 0.15) is 11.1 Å². The second kappa shape index (κ2) is 8.70. The zero-order valence-electron chi connectivity index (χ0n) is 16.6. The fourth-order valence-electron chi connectivity index (χ4n) is 3.85. The lowest BCUT2D eigenvalue weighted by Gasteiger charge is -2.36. The molecule has 0 N–H and O–H groups in total. The summed E-state index contributed by atoms with van der Waals surface area (Å²) < 4.78 is 26.3. The summed E-state index contributed by atoms with van der Waals surface area (Å²) in [5.41, 5.74) is 2.46. The van der Waals surface area contributed by atoms with Crippen LogP contribution in [0.5, 0.6) is 0 Å². The topological polar surface area (TPSA) is 64.4 Å². The summed E-state index contributed by atoms with van der Waals surface area (Å²) >= 11 is 0. The summed E-state index contributed by atoms with van der Waals surface area (Å²) in [7, 11) is -3.56. The Balaban J connectivity index is 1.50. The molecule has 0 unspecified atom stereocenters. The van der Waals surface area contributed by atoms with Gasteiger partial charge in [-0.25, -0.2) is 8.42 Å². The van der Waals surface area contributed by atoms with Gasteiger partial charge < -0.3 is 4.90 Å². The molecule has 1 heterocycles. The number of rotatable bonds is 5. The van der Waals surface area contributed by atoms with Crippen LogP contribution in [0.25, 0.3) is 0 Å². The van der Waals surface area contributed by atoms with E-state index in [-0.39, 0.29) is 0 Å². The van der Waals surface area contributed by atoms with Crippen molar-refractivity contribution in [3.63, 3.8) is 0 Å². The number of sulfone groups is 1. The summed E-state index contributed by atoms with van der Waals surface area (Å²) in [6.45, 7) is 3.79. The van der Waals surface area contributed by atoms with Gasteiger partial charge in [-0.15, -0.1) is 0 Å². The summed E-state index contributed by atoms with van der Waals surface area (Å²) in [6, 6.07) is 25.7. The van der Waals surface area contributed by atoms with Gasteiger partial charge in [-0.1, -0.05) is 48.5 Å². The molecular weight excluding hydrogens is 394 g/mol. The Morgan fingerprint density at radius 3 is 2.17 bits per heavy atom. The average Bonchev–Trinajstić information content (AvgIpc) is 2.80. The van der Waals surface area contributed by atoms with Crippen molar-refractivity contribution < 1.29 is 8.42 Å². The van der Waals surface area contributed by atoms with Crippen LogP contribution in [0, 0.1) is 11.3 Å². The fraction of sp³-hybridized carbons (Fsp3) is 0.208. The summed E-state index contributed by atoms with van der Waals surface area (Å²) in [6.07, 6.45) is 0. The molecule has 4 rings (SSSR count). The minimum Gasteiger partial charge on any atom is -0.368 e. The number of para-hydroxylation sites is 1. The maximum absolute atomic E-state index is 13.1. The van der Waals surface area contributed by atoms with E-state index in [1.54, 1.807) is 36.4 Å². The quantitative estimate of drug-likeness (QED) is 0.633. The third kappa shape index (κ3) is 4.09. The second-order valence-electron chi connectivity index (χ2n) is 7.32. The fourth-order valence-corrected chi connectivity index (χ4v) is 5.36. The van der Waals surface area contributed by atoms with E-state index in [4.69, 9.17) is 0 Å². The van der Waals surface area contributed by atoms with Crippen molar-refractivity contribution in [1.82, 2.24) is 4.90 Å². The van der Waals surface area contributed by atoms with E-state index in [2.05, 4.69) is 15.9 Å². The Labute approximate surface area is 177 Å². The first-order chi connectivity index (χ1) is 14.6. The number of piperazine rings is 1. The van der Waals surface area contributed by atoms with Crippen LogP contribution in [0.3, 0.4) is 0 Å². The maximum atomic E-state index is 13.1. The van der Waals surface area contributed by atoms with Crippen molar-refractivity contribution in [3.8, 4) is 6.07 Å². The van der Waals surface area contributed by atoms with Gasteiger partial charge in [-0.05, 0) is 35.9 Å². The monoisotopic (exact) mass is 417 g/mol. The van der Waals surface area contributed by atoms with Gasteiger partial charge in [0.05, 0.1) is 21.0 Å². The Hall–Kier alpha value is -3.14. The summed E-state index contributed by atoms with van der Waals surface area (Å²) in [5.74, 6) is 0. The van der Waals surface area contributed by atoms with Gasteiger partial charge in [0.15, 0.2) is 0 Å². The van der Waals surface area contributed by atoms with Gasteiger partial charge in [-0.2, -0.15) is 5.26 Å². The molecule has 1 fully saturated rings. The highest BCUT2D eigenvalue weighted by Crippen LogP contribution is 2.26. The molecule has 1 aliphatic rings. The molecule has 3 aromatic rings. The predicted molar refractivity (Wildman–Crippen MR) is 117 cm³/mol. The average molecular weight is 418 g/mol. The molecule has 0 saturated carbocycles. The Kier molecular flexibility index (Phi) is 5.84. The molecule has 0 atom stereocenters. The van der Waals surface area contributed by atoms with E-state index in [0.717, 1.165) is 37.4 Å². The van der Waals surface area contributed by atoms with Gasteiger partial charge in [-0.3, -0.25) is 4.90 Å². The summed E-state index contributed by atoms with van der Waals surface area (Å²) in [5, 5.41) is 9.35. The highest BCUT2D eigenvalue weighted by atomic mass is 32.2. The van der Waals surface area contributed by atoms with Crippen LogP contribution in [0.2, 0.25) is 0 Å². The number of hydrogen-bond acceptors (Lipinski definition) is 5. The molecule has 0 bridgehead atoms. The van der Waals surface area contributed by atoms with E-state index in [0.29, 0.717) is 21.9 Å². The molecule has 30 heavy (non-hydrogen) atoms. The molecule has 0 aliphatic carbocycles. The molecule has 0 radical (unpaired) electrons. The normalized spacial score (nSPS) is 15.0. The molecule has 6 heteroatoms. The number of anilines is 1. The van der Waals surface area contributed by atoms with Crippen LogP contribution in [-0.2, 0) is 16.4 Å². The highest BCUT2D eigenvalue weighted by Gasteiger charge is 2.24. The zero-order chi connectivity index (χ0) is 21.0. The first-order valence-electron chi connectivity index (χ1n) is 9.94. The van der Waals surface area contributed by atoms with Gasteiger partial charge in [0.2, 0.25) is 9.84 Å². The predicted octanol–water partition coefficient (Wildman–Crippen LogP) is 3.71. The molecule has 0 spiro atoms. The van der Waals surface area contributed by atoms with Crippen molar-refractivity contribution in [2.75, 3.05) is 31.1 Å². The van der Waals surface area contributed by atoms with Crippen molar-refractivity contribution in [3.05, 3.63) is 90.0 Å². The lowest BCUT2D eigenvalue weighted by Crippen LogP contribution is -2.46. The molecule has 0 amide bonds. The van der Waals surface area contributed by atoms with Gasteiger partial charge in [0.1, 0.15) is 6.07 Å². The Morgan fingerprint density at radius 1 is 0.800 bits per heavy atom. The van der Waals surface area contributed by atoms with Gasteiger partial charge >= 0.3 is 0 Å². The lowest BCUT2D eigenvalue weighted by atomic mass is 10.1. The first kappa shape index (κ1) is 20.1. The smallest absolute Gasteiger partial charge is 0.206 e. The van der Waals surface area contributed by atoms with E-state index >= 15 is 0 Å². The number of nitrogens with zero attached hydrogens (tertiary/aromatic N) is 3. The van der Waals surface area contributed by atoms with Gasteiger partial charge in [0.25, 0.3) is 0 Å². The second-order valence-corrected chi connectivity index (χ2v) is 9.23. The van der Waals surface area contributed by atoms with E-state index < -0.39 is 9.84 Å². The van der Waals surface area contributed by atoms with Crippen LogP contribution in [0.15, 0.2) is 88.7 Å². The SMILES string of the molecule is N#Cc1ccccc1N1CCN(Cc2ccccc2S(=O)(=O)c2ccccc2)CC1. The van der Waals surface area contributed by atoms with E-state index in [1.165, 1.54) is 0 Å². The molecule has 152 valence electrons. The molecule has 3 aromatic carbocycles. The third-order valence-corrected chi connectivity index (χ3v) is 7.32. The Bertz CT molecular complexity index is 1160. The minimum absolute atomic E-state index is 0.315. The molecular formula is C24H23N3O2S.